The van der Waals surface area contributed by atoms with Crippen molar-refractivity contribution in [3.8, 4) is 11.1 Å². The number of carbonyl (C=O) groups is 1. The maximum atomic E-state index is 13.3. The largest absolute Gasteiger partial charge is 0.324 e. The number of carbonyl (C=O) groups excluding carboxylic acids is 1. The summed E-state index contributed by atoms with van der Waals surface area (Å²) in [4.78, 5) is 31.1. The van der Waals surface area contributed by atoms with Crippen LogP contribution in [0.5, 0.6) is 0 Å². The first kappa shape index (κ1) is 20.8. The minimum atomic E-state index is -0.264. The van der Waals surface area contributed by atoms with Crippen molar-refractivity contribution in [2.45, 2.75) is 13.5 Å². The number of hydrogen-bond acceptors (Lipinski definition) is 4. The molecule has 1 amide bonds. The molecule has 5 aromatic rings. The highest BCUT2D eigenvalue weighted by molar-refractivity contribution is 14.1. The number of halogens is 1. The van der Waals surface area contributed by atoms with Crippen LogP contribution in [0.3, 0.4) is 0 Å². The van der Waals surface area contributed by atoms with E-state index in [0.29, 0.717) is 10.2 Å². The Bertz CT molecular complexity index is 1550. The molecule has 0 aliphatic heterocycles. The fraction of sp³-hybridized carbons (Fsp3) is 0.0800. The molecule has 2 aromatic heterocycles. The van der Waals surface area contributed by atoms with E-state index in [1.54, 1.807) is 0 Å². The van der Waals surface area contributed by atoms with Crippen LogP contribution in [-0.2, 0) is 11.3 Å². The quantitative estimate of drug-likeness (QED) is 0.286. The van der Waals surface area contributed by atoms with E-state index in [0.717, 1.165) is 36.7 Å². The zero-order valence-electron chi connectivity index (χ0n) is 17.1. The highest BCUT2D eigenvalue weighted by Gasteiger charge is 2.15. The van der Waals surface area contributed by atoms with Crippen LogP contribution in [0.4, 0.5) is 5.69 Å². The number of fused-ring (bicyclic) bond motifs is 2. The number of aryl methyl sites for hydroxylation is 1. The number of anilines is 1. The molecule has 0 aliphatic carbocycles. The third kappa shape index (κ3) is 3.93. The van der Waals surface area contributed by atoms with Crippen LogP contribution < -0.4 is 10.9 Å². The SMILES string of the molecule is Cc1cc(I)ccc1NC(=O)Cn1cnc2scc(-c3ccc4ccccc4c3)c2c1=O. The molecule has 32 heavy (non-hydrogen) atoms. The van der Waals surface area contributed by atoms with Gasteiger partial charge in [-0.05, 0) is 75.7 Å². The van der Waals surface area contributed by atoms with Crippen molar-refractivity contribution in [1.29, 1.82) is 0 Å². The van der Waals surface area contributed by atoms with Crippen molar-refractivity contribution in [3.63, 3.8) is 0 Å². The van der Waals surface area contributed by atoms with Gasteiger partial charge in [-0.15, -0.1) is 11.3 Å². The van der Waals surface area contributed by atoms with E-state index in [1.165, 1.54) is 22.2 Å². The lowest BCUT2D eigenvalue weighted by Gasteiger charge is -2.10. The molecule has 0 unspecified atom stereocenters. The normalized spacial score (nSPS) is 11.2. The molecule has 5 rings (SSSR count). The van der Waals surface area contributed by atoms with Gasteiger partial charge in [-0.2, -0.15) is 0 Å². The lowest BCUT2D eigenvalue weighted by atomic mass is 10.0. The van der Waals surface area contributed by atoms with Gasteiger partial charge in [-0.25, -0.2) is 4.98 Å². The van der Waals surface area contributed by atoms with Crippen LogP contribution >= 0.6 is 33.9 Å². The Morgan fingerprint density at radius 1 is 1.09 bits per heavy atom. The fourth-order valence-electron chi connectivity index (χ4n) is 3.76. The number of benzene rings is 3. The van der Waals surface area contributed by atoms with Gasteiger partial charge in [0.05, 0.1) is 11.7 Å². The predicted octanol–water partition coefficient (Wildman–Crippen LogP) is 5.83. The summed E-state index contributed by atoms with van der Waals surface area (Å²) >= 11 is 3.67. The second kappa shape index (κ2) is 8.48. The highest BCUT2D eigenvalue weighted by Crippen LogP contribution is 2.32. The van der Waals surface area contributed by atoms with Gasteiger partial charge in [-0.1, -0.05) is 36.4 Å². The number of nitrogens with zero attached hydrogens (tertiary/aromatic N) is 2. The molecular formula is C25H18IN3O2S. The summed E-state index contributed by atoms with van der Waals surface area (Å²) in [6.07, 6.45) is 1.45. The van der Waals surface area contributed by atoms with Crippen molar-refractivity contribution in [1.82, 2.24) is 9.55 Å². The Kier molecular flexibility index (Phi) is 5.52. The molecule has 0 bridgehead atoms. The maximum Gasteiger partial charge on any atom is 0.263 e. The third-order valence-corrected chi connectivity index (χ3v) is 6.96. The van der Waals surface area contributed by atoms with Gasteiger partial charge in [0.1, 0.15) is 11.4 Å². The molecule has 5 nitrogen and oxygen atoms in total. The molecule has 3 aromatic carbocycles. The molecule has 0 saturated carbocycles. The third-order valence-electron chi connectivity index (χ3n) is 5.40. The average Bonchev–Trinajstić information content (AvgIpc) is 3.22. The zero-order chi connectivity index (χ0) is 22.2. The van der Waals surface area contributed by atoms with Gasteiger partial charge < -0.3 is 5.32 Å². The second-order valence-electron chi connectivity index (χ2n) is 7.58. The summed E-state index contributed by atoms with van der Waals surface area (Å²) in [6, 6.07) is 20.1. The number of amides is 1. The van der Waals surface area contributed by atoms with E-state index in [4.69, 9.17) is 0 Å². The van der Waals surface area contributed by atoms with Crippen LogP contribution in [0, 0.1) is 10.5 Å². The fourth-order valence-corrected chi connectivity index (χ4v) is 5.31. The number of hydrogen-bond donors (Lipinski definition) is 1. The highest BCUT2D eigenvalue weighted by atomic mass is 127. The minimum Gasteiger partial charge on any atom is -0.324 e. The minimum absolute atomic E-state index is 0.0970. The lowest BCUT2D eigenvalue weighted by molar-refractivity contribution is -0.116. The average molecular weight is 551 g/mol. The van der Waals surface area contributed by atoms with Crippen molar-refractivity contribution in [2.24, 2.45) is 0 Å². The molecule has 2 heterocycles. The first-order valence-corrected chi connectivity index (χ1v) is 12.0. The van der Waals surface area contributed by atoms with E-state index in [1.807, 2.05) is 48.7 Å². The van der Waals surface area contributed by atoms with Gasteiger partial charge in [0, 0.05) is 20.2 Å². The van der Waals surface area contributed by atoms with Crippen molar-refractivity contribution in [3.05, 3.63) is 91.9 Å². The molecule has 0 radical (unpaired) electrons. The summed E-state index contributed by atoms with van der Waals surface area (Å²) in [7, 11) is 0. The van der Waals surface area contributed by atoms with Crippen LogP contribution in [0.15, 0.2) is 77.2 Å². The second-order valence-corrected chi connectivity index (χ2v) is 9.68. The molecule has 0 atom stereocenters. The topological polar surface area (TPSA) is 64.0 Å². The van der Waals surface area contributed by atoms with Crippen LogP contribution in [0.1, 0.15) is 5.56 Å². The molecule has 0 spiro atoms. The van der Waals surface area contributed by atoms with Crippen LogP contribution in [0.2, 0.25) is 0 Å². The van der Waals surface area contributed by atoms with E-state index >= 15 is 0 Å². The Morgan fingerprint density at radius 2 is 1.91 bits per heavy atom. The summed E-state index contributed by atoms with van der Waals surface area (Å²) in [5, 5.41) is 7.66. The molecule has 0 saturated heterocycles. The first-order chi connectivity index (χ1) is 15.5. The summed E-state index contributed by atoms with van der Waals surface area (Å²) in [6.45, 7) is 1.85. The van der Waals surface area contributed by atoms with Crippen molar-refractivity contribution >= 4 is 66.5 Å². The summed E-state index contributed by atoms with van der Waals surface area (Å²) < 4.78 is 2.47. The molecule has 0 fully saturated rings. The zero-order valence-corrected chi connectivity index (χ0v) is 20.1. The molecule has 158 valence electrons. The predicted molar refractivity (Wildman–Crippen MR) is 139 cm³/mol. The monoisotopic (exact) mass is 551 g/mol. The van der Waals surface area contributed by atoms with E-state index in [2.05, 4.69) is 57.2 Å². The molecular weight excluding hydrogens is 533 g/mol. The van der Waals surface area contributed by atoms with Gasteiger partial charge in [0.2, 0.25) is 5.91 Å². The van der Waals surface area contributed by atoms with Crippen molar-refractivity contribution < 1.29 is 4.79 Å². The standard InChI is InChI=1S/C25H18IN3O2S/c1-15-10-19(26)8-9-21(15)28-22(30)12-29-14-27-24-23(25(29)31)20(13-32-24)18-7-6-16-4-2-3-5-17(16)11-18/h2-11,13-14H,12H2,1H3,(H,28,30). The molecule has 7 heteroatoms. The number of thiophene rings is 1. The number of nitrogens with one attached hydrogen (secondary N) is 1. The number of rotatable bonds is 4. The van der Waals surface area contributed by atoms with E-state index in [-0.39, 0.29) is 18.0 Å². The van der Waals surface area contributed by atoms with Gasteiger partial charge >= 0.3 is 0 Å². The van der Waals surface area contributed by atoms with Gasteiger partial charge in [-0.3, -0.25) is 14.2 Å². The summed E-state index contributed by atoms with van der Waals surface area (Å²) in [5.41, 5.74) is 3.31. The van der Waals surface area contributed by atoms with Crippen molar-refractivity contribution in [2.75, 3.05) is 5.32 Å². The lowest BCUT2D eigenvalue weighted by Crippen LogP contribution is -2.28. The van der Waals surface area contributed by atoms with E-state index in [9.17, 15) is 9.59 Å². The number of aromatic nitrogens is 2. The van der Waals surface area contributed by atoms with E-state index < -0.39 is 0 Å². The maximum absolute atomic E-state index is 13.3. The van der Waals surface area contributed by atoms with Gasteiger partial charge in [0.15, 0.2) is 0 Å². The van der Waals surface area contributed by atoms with Crippen LogP contribution in [-0.4, -0.2) is 15.5 Å². The van der Waals surface area contributed by atoms with Crippen LogP contribution in [0.25, 0.3) is 32.1 Å². The molecule has 0 aliphatic rings. The summed E-state index contributed by atoms with van der Waals surface area (Å²) in [5.74, 6) is -0.264. The molecule has 1 N–H and O–H groups in total. The Hall–Kier alpha value is -3.04. The Balaban J connectivity index is 1.49. The first-order valence-electron chi connectivity index (χ1n) is 10.0. The smallest absolute Gasteiger partial charge is 0.263 e. The van der Waals surface area contributed by atoms with Gasteiger partial charge in [0.25, 0.3) is 5.56 Å². The Morgan fingerprint density at radius 3 is 2.72 bits per heavy atom. The Labute approximate surface area is 201 Å².